The molecule has 6 nitrogen and oxygen atoms in total. The van der Waals surface area contributed by atoms with Gasteiger partial charge in [0.2, 0.25) is 6.79 Å². The van der Waals surface area contributed by atoms with Crippen molar-refractivity contribution in [2.24, 2.45) is 0 Å². The number of nitrogens with zero attached hydrogens (tertiary/aromatic N) is 4. The minimum absolute atomic E-state index is 0.266. The van der Waals surface area contributed by atoms with Crippen molar-refractivity contribution in [1.29, 1.82) is 0 Å². The molecule has 140 valence electrons. The smallest absolute Gasteiger partial charge is 0.231 e. The summed E-state index contributed by atoms with van der Waals surface area (Å²) in [6, 6.07) is 12.2. The molecule has 0 N–H and O–H groups in total. The average molecular weight is 390 g/mol. The van der Waals surface area contributed by atoms with Crippen LogP contribution in [0.25, 0.3) is 27.6 Å². The summed E-state index contributed by atoms with van der Waals surface area (Å²) in [4.78, 5) is 4.78. The van der Waals surface area contributed by atoms with Crippen LogP contribution in [0, 0.1) is 20.8 Å². The van der Waals surface area contributed by atoms with Gasteiger partial charge in [-0.25, -0.2) is 9.67 Å². The third-order valence-electron chi connectivity index (χ3n) is 5.00. The van der Waals surface area contributed by atoms with E-state index in [-0.39, 0.29) is 6.79 Å². The second kappa shape index (κ2) is 6.45. The Morgan fingerprint density at radius 1 is 0.964 bits per heavy atom. The van der Waals surface area contributed by atoms with E-state index in [2.05, 4.69) is 42.4 Å². The van der Waals surface area contributed by atoms with Gasteiger partial charge in [-0.15, -0.1) is 16.4 Å². The Balaban J connectivity index is 1.49. The quantitative estimate of drug-likeness (QED) is 0.507. The molecule has 0 unspecified atom stereocenters. The average Bonchev–Trinajstić information content (AvgIpc) is 3.42. The SMILES string of the molecule is Cc1ccc(-n2nnc(-c3nc(-c4ccc5c(c4)OCO5)cs3)c2C)cc1C. The van der Waals surface area contributed by atoms with E-state index < -0.39 is 0 Å². The van der Waals surface area contributed by atoms with Gasteiger partial charge in [0.25, 0.3) is 0 Å². The molecular weight excluding hydrogens is 372 g/mol. The van der Waals surface area contributed by atoms with E-state index in [9.17, 15) is 0 Å². The van der Waals surface area contributed by atoms with Crippen LogP contribution < -0.4 is 9.47 Å². The highest BCUT2D eigenvalue weighted by Gasteiger charge is 2.18. The van der Waals surface area contributed by atoms with Crippen LogP contribution in [0.4, 0.5) is 0 Å². The maximum Gasteiger partial charge on any atom is 0.231 e. The molecule has 5 rings (SSSR count). The van der Waals surface area contributed by atoms with Crippen molar-refractivity contribution >= 4 is 11.3 Å². The van der Waals surface area contributed by atoms with Crippen molar-refractivity contribution in [3.63, 3.8) is 0 Å². The van der Waals surface area contributed by atoms with Crippen molar-refractivity contribution in [3.8, 4) is 39.1 Å². The minimum Gasteiger partial charge on any atom is -0.454 e. The molecule has 0 bridgehead atoms. The number of rotatable bonds is 3. The molecule has 0 radical (unpaired) electrons. The monoisotopic (exact) mass is 390 g/mol. The third kappa shape index (κ3) is 2.75. The molecule has 0 fully saturated rings. The maximum absolute atomic E-state index is 5.47. The first-order valence-corrected chi connectivity index (χ1v) is 9.84. The molecule has 3 heterocycles. The van der Waals surface area contributed by atoms with Crippen LogP contribution in [0.1, 0.15) is 16.8 Å². The Labute approximate surface area is 166 Å². The van der Waals surface area contributed by atoms with Crippen molar-refractivity contribution in [2.75, 3.05) is 6.79 Å². The van der Waals surface area contributed by atoms with Crippen molar-refractivity contribution in [3.05, 3.63) is 58.6 Å². The zero-order chi connectivity index (χ0) is 19.3. The Hall–Kier alpha value is -3.19. The zero-order valence-corrected chi connectivity index (χ0v) is 16.6. The summed E-state index contributed by atoms with van der Waals surface area (Å²) in [6.07, 6.45) is 0. The molecule has 1 aliphatic heterocycles. The minimum atomic E-state index is 0.266. The van der Waals surface area contributed by atoms with E-state index in [1.165, 1.54) is 11.1 Å². The van der Waals surface area contributed by atoms with Crippen LogP contribution >= 0.6 is 11.3 Å². The van der Waals surface area contributed by atoms with E-state index in [1.807, 2.05) is 35.2 Å². The standard InChI is InChI=1S/C21H18N4O2S/c1-12-4-6-16(8-13(12)2)25-14(3)20(23-24-25)21-22-17(10-28-21)15-5-7-18-19(9-15)27-11-26-18/h4-10H,11H2,1-3H3. The van der Waals surface area contributed by atoms with Crippen molar-refractivity contribution in [1.82, 2.24) is 20.0 Å². The summed E-state index contributed by atoms with van der Waals surface area (Å²) in [5, 5.41) is 11.6. The lowest BCUT2D eigenvalue weighted by Gasteiger charge is -2.06. The highest BCUT2D eigenvalue weighted by molar-refractivity contribution is 7.13. The summed E-state index contributed by atoms with van der Waals surface area (Å²) in [6.45, 7) is 6.49. The molecular formula is C21H18N4O2S. The lowest BCUT2D eigenvalue weighted by atomic mass is 10.1. The second-order valence-electron chi connectivity index (χ2n) is 6.81. The number of benzene rings is 2. The summed E-state index contributed by atoms with van der Waals surface area (Å²) in [5.41, 5.74) is 7.14. The molecule has 7 heteroatoms. The van der Waals surface area contributed by atoms with Crippen LogP contribution in [-0.2, 0) is 0 Å². The molecule has 1 aliphatic rings. The molecule has 0 saturated carbocycles. The number of hydrogen-bond acceptors (Lipinski definition) is 6. The number of thiazole rings is 1. The molecule has 0 spiro atoms. The highest BCUT2D eigenvalue weighted by Crippen LogP contribution is 2.37. The summed E-state index contributed by atoms with van der Waals surface area (Å²) < 4.78 is 12.7. The molecule has 2 aromatic heterocycles. The number of hydrogen-bond donors (Lipinski definition) is 0. The van der Waals surface area contributed by atoms with Crippen LogP contribution in [-0.4, -0.2) is 26.8 Å². The van der Waals surface area contributed by atoms with Crippen molar-refractivity contribution < 1.29 is 9.47 Å². The Morgan fingerprint density at radius 3 is 2.68 bits per heavy atom. The molecule has 28 heavy (non-hydrogen) atoms. The molecule has 0 saturated heterocycles. The van der Waals surface area contributed by atoms with E-state index in [4.69, 9.17) is 14.5 Å². The van der Waals surface area contributed by atoms with Gasteiger partial charge in [0.05, 0.1) is 17.1 Å². The van der Waals surface area contributed by atoms with Crippen LogP contribution in [0.15, 0.2) is 41.8 Å². The fraction of sp³-hybridized carbons (Fsp3) is 0.190. The lowest BCUT2D eigenvalue weighted by molar-refractivity contribution is 0.174. The van der Waals surface area contributed by atoms with Crippen LogP contribution in [0.3, 0.4) is 0 Å². The first kappa shape index (κ1) is 16.9. The lowest BCUT2D eigenvalue weighted by Crippen LogP contribution is -2.00. The predicted molar refractivity (Wildman–Crippen MR) is 108 cm³/mol. The number of aromatic nitrogens is 4. The molecule has 0 atom stereocenters. The van der Waals surface area contributed by atoms with E-state index >= 15 is 0 Å². The van der Waals surface area contributed by atoms with Gasteiger partial charge in [-0.2, -0.15) is 0 Å². The highest BCUT2D eigenvalue weighted by atomic mass is 32.1. The molecule has 0 aliphatic carbocycles. The van der Waals surface area contributed by atoms with E-state index in [1.54, 1.807) is 11.3 Å². The summed E-state index contributed by atoms with van der Waals surface area (Å²) >= 11 is 1.56. The Morgan fingerprint density at radius 2 is 1.82 bits per heavy atom. The van der Waals surface area contributed by atoms with Gasteiger partial charge in [0, 0.05) is 10.9 Å². The molecule has 4 aromatic rings. The van der Waals surface area contributed by atoms with E-state index in [0.29, 0.717) is 0 Å². The third-order valence-corrected chi connectivity index (χ3v) is 5.85. The zero-order valence-electron chi connectivity index (χ0n) is 15.8. The fourth-order valence-corrected chi connectivity index (χ4v) is 4.06. The Kier molecular flexibility index (Phi) is 3.91. The molecule has 0 amide bonds. The maximum atomic E-state index is 5.47. The Bertz CT molecular complexity index is 1200. The fourth-order valence-electron chi connectivity index (χ4n) is 3.20. The van der Waals surface area contributed by atoms with Crippen LogP contribution in [0.2, 0.25) is 0 Å². The van der Waals surface area contributed by atoms with Gasteiger partial charge >= 0.3 is 0 Å². The largest absolute Gasteiger partial charge is 0.454 e. The first-order chi connectivity index (χ1) is 13.6. The van der Waals surface area contributed by atoms with Gasteiger partial charge in [-0.3, -0.25) is 0 Å². The normalized spacial score (nSPS) is 12.5. The summed E-state index contributed by atoms with van der Waals surface area (Å²) in [7, 11) is 0. The first-order valence-electron chi connectivity index (χ1n) is 8.96. The number of aryl methyl sites for hydroxylation is 2. The topological polar surface area (TPSA) is 62.1 Å². The van der Waals surface area contributed by atoms with Crippen molar-refractivity contribution in [2.45, 2.75) is 20.8 Å². The van der Waals surface area contributed by atoms with Crippen LogP contribution in [0.5, 0.6) is 11.5 Å². The van der Waals surface area contributed by atoms with Gasteiger partial charge in [0.15, 0.2) is 11.5 Å². The number of ether oxygens (including phenoxy) is 2. The molecule has 2 aromatic carbocycles. The van der Waals surface area contributed by atoms with Gasteiger partial charge in [-0.05, 0) is 62.2 Å². The van der Waals surface area contributed by atoms with Gasteiger partial charge < -0.3 is 9.47 Å². The van der Waals surface area contributed by atoms with Gasteiger partial charge in [-0.1, -0.05) is 11.3 Å². The number of fused-ring (bicyclic) bond motifs is 1. The second-order valence-corrected chi connectivity index (χ2v) is 7.67. The predicted octanol–water partition coefficient (Wildman–Crippen LogP) is 4.71. The van der Waals surface area contributed by atoms with Gasteiger partial charge in [0.1, 0.15) is 10.7 Å². The van der Waals surface area contributed by atoms with E-state index in [0.717, 1.165) is 44.8 Å². The summed E-state index contributed by atoms with van der Waals surface area (Å²) in [5.74, 6) is 1.52.